The SMILES string of the molecule is O=C(CC1COCCN1)Nc1ccc(C(=O)O)c(F)c1. The van der Waals surface area contributed by atoms with Crippen LogP contribution in [0.15, 0.2) is 18.2 Å². The Morgan fingerprint density at radius 1 is 1.50 bits per heavy atom. The number of carbonyl (C=O) groups excluding carboxylic acids is 1. The van der Waals surface area contributed by atoms with Crippen LogP contribution in [0, 0.1) is 5.82 Å². The van der Waals surface area contributed by atoms with E-state index in [1.807, 2.05) is 0 Å². The zero-order valence-corrected chi connectivity index (χ0v) is 10.7. The van der Waals surface area contributed by atoms with Gasteiger partial charge in [-0.2, -0.15) is 0 Å². The number of benzene rings is 1. The molecule has 0 aromatic heterocycles. The molecule has 2 rings (SSSR count). The molecule has 1 aliphatic rings. The van der Waals surface area contributed by atoms with Crippen LogP contribution < -0.4 is 10.6 Å². The summed E-state index contributed by atoms with van der Waals surface area (Å²) >= 11 is 0. The van der Waals surface area contributed by atoms with Gasteiger partial charge >= 0.3 is 5.97 Å². The molecular weight excluding hydrogens is 267 g/mol. The Morgan fingerprint density at radius 2 is 2.30 bits per heavy atom. The predicted octanol–water partition coefficient (Wildman–Crippen LogP) is 0.841. The highest BCUT2D eigenvalue weighted by Crippen LogP contribution is 2.15. The highest BCUT2D eigenvalue weighted by Gasteiger charge is 2.17. The summed E-state index contributed by atoms with van der Waals surface area (Å²) in [4.78, 5) is 22.4. The molecule has 0 bridgehead atoms. The molecule has 1 amide bonds. The van der Waals surface area contributed by atoms with E-state index in [2.05, 4.69) is 10.6 Å². The molecule has 0 aliphatic carbocycles. The topological polar surface area (TPSA) is 87.7 Å². The highest BCUT2D eigenvalue weighted by molar-refractivity contribution is 5.92. The molecule has 1 fully saturated rings. The molecule has 7 heteroatoms. The summed E-state index contributed by atoms with van der Waals surface area (Å²) in [5.41, 5.74) is -0.195. The van der Waals surface area contributed by atoms with E-state index in [1.165, 1.54) is 6.07 Å². The maximum atomic E-state index is 13.4. The number of carbonyl (C=O) groups is 2. The highest BCUT2D eigenvalue weighted by atomic mass is 19.1. The maximum Gasteiger partial charge on any atom is 0.338 e. The van der Waals surface area contributed by atoms with Crippen LogP contribution >= 0.6 is 0 Å². The van der Waals surface area contributed by atoms with E-state index in [4.69, 9.17) is 9.84 Å². The van der Waals surface area contributed by atoms with E-state index < -0.39 is 17.3 Å². The van der Waals surface area contributed by atoms with Gasteiger partial charge in [0.15, 0.2) is 0 Å². The van der Waals surface area contributed by atoms with Crippen molar-refractivity contribution < 1.29 is 23.8 Å². The third-order valence-electron chi connectivity index (χ3n) is 2.91. The first kappa shape index (κ1) is 14.4. The van der Waals surface area contributed by atoms with Gasteiger partial charge in [0.05, 0.1) is 18.8 Å². The van der Waals surface area contributed by atoms with Gasteiger partial charge in [-0.25, -0.2) is 9.18 Å². The third-order valence-corrected chi connectivity index (χ3v) is 2.91. The quantitative estimate of drug-likeness (QED) is 0.761. The van der Waals surface area contributed by atoms with Crippen LogP contribution in [0.4, 0.5) is 10.1 Å². The van der Waals surface area contributed by atoms with Crippen molar-refractivity contribution in [2.45, 2.75) is 12.5 Å². The van der Waals surface area contributed by atoms with Crippen LogP contribution in [0.5, 0.6) is 0 Å². The van der Waals surface area contributed by atoms with Gasteiger partial charge in [0.2, 0.25) is 5.91 Å². The normalized spacial score (nSPS) is 18.6. The first-order valence-electron chi connectivity index (χ1n) is 6.20. The second kappa shape index (κ2) is 6.44. The molecule has 108 valence electrons. The summed E-state index contributed by atoms with van der Waals surface area (Å²) in [5.74, 6) is -2.51. The Labute approximate surface area is 114 Å². The first-order chi connectivity index (χ1) is 9.56. The molecule has 6 nitrogen and oxygen atoms in total. The molecule has 1 saturated heterocycles. The number of rotatable bonds is 4. The van der Waals surface area contributed by atoms with E-state index in [-0.39, 0.29) is 24.1 Å². The summed E-state index contributed by atoms with van der Waals surface area (Å²) in [6, 6.07) is 3.41. The Bertz CT molecular complexity index is 515. The molecule has 1 aliphatic heterocycles. The van der Waals surface area contributed by atoms with Crippen molar-refractivity contribution in [2.75, 3.05) is 25.1 Å². The zero-order valence-electron chi connectivity index (χ0n) is 10.7. The monoisotopic (exact) mass is 282 g/mol. The Balaban J connectivity index is 1.93. The van der Waals surface area contributed by atoms with Crippen molar-refractivity contribution in [1.82, 2.24) is 5.32 Å². The molecule has 1 unspecified atom stereocenters. The second-order valence-electron chi connectivity index (χ2n) is 4.48. The van der Waals surface area contributed by atoms with Crippen molar-refractivity contribution >= 4 is 17.6 Å². The number of hydrogen-bond acceptors (Lipinski definition) is 4. The first-order valence-corrected chi connectivity index (χ1v) is 6.20. The summed E-state index contributed by atoms with van der Waals surface area (Å²) in [7, 11) is 0. The fourth-order valence-corrected chi connectivity index (χ4v) is 1.95. The summed E-state index contributed by atoms with van der Waals surface area (Å²) in [6.45, 7) is 1.78. The van der Waals surface area contributed by atoms with Gasteiger partial charge in [0, 0.05) is 24.7 Å². The minimum absolute atomic E-state index is 0.0631. The Morgan fingerprint density at radius 3 is 2.90 bits per heavy atom. The smallest absolute Gasteiger partial charge is 0.338 e. The summed E-state index contributed by atoms with van der Waals surface area (Å²) in [5, 5.41) is 14.4. The number of nitrogens with one attached hydrogen (secondary N) is 2. The number of amides is 1. The number of halogens is 1. The van der Waals surface area contributed by atoms with Crippen LogP contribution in [0.1, 0.15) is 16.8 Å². The van der Waals surface area contributed by atoms with Gasteiger partial charge in [0.1, 0.15) is 5.82 Å². The number of ether oxygens (including phenoxy) is 1. The molecule has 0 saturated carbocycles. The second-order valence-corrected chi connectivity index (χ2v) is 4.48. The number of anilines is 1. The van der Waals surface area contributed by atoms with Gasteiger partial charge in [0.25, 0.3) is 0 Å². The average molecular weight is 282 g/mol. The van der Waals surface area contributed by atoms with Crippen LogP contribution in [0.3, 0.4) is 0 Å². The lowest BCUT2D eigenvalue weighted by atomic mass is 10.1. The zero-order chi connectivity index (χ0) is 14.5. The van der Waals surface area contributed by atoms with Crippen LogP contribution in [-0.2, 0) is 9.53 Å². The molecule has 1 heterocycles. The van der Waals surface area contributed by atoms with Crippen LogP contribution in [0.25, 0.3) is 0 Å². The van der Waals surface area contributed by atoms with Crippen LogP contribution in [-0.4, -0.2) is 42.8 Å². The van der Waals surface area contributed by atoms with Gasteiger partial charge in [-0.1, -0.05) is 0 Å². The van der Waals surface area contributed by atoms with E-state index in [1.54, 1.807) is 0 Å². The lowest BCUT2D eigenvalue weighted by molar-refractivity contribution is -0.117. The Kier molecular flexibility index (Phi) is 4.65. The fraction of sp³-hybridized carbons (Fsp3) is 0.385. The number of aromatic carboxylic acids is 1. The molecule has 1 aromatic carbocycles. The van der Waals surface area contributed by atoms with Crippen LogP contribution in [0.2, 0.25) is 0 Å². The maximum absolute atomic E-state index is 13.4. The Hall–Kier alpha value is -1.99. The van der Waals surface area contributed by atoms with E-state index in [0.29, 0.717) is 19.8 Å². The molecular formula is C13H15FN2O4. The average Bonchev–Trinajstić information content (AvgIpc) is 2.39. The van der Waals surface area contributed by atoms with Crippen molar-refractivity contribution in [3.05, 3.63) is 29.6 Å². The van der Waals surface area contributed by atoms with Gasteiger partial charge in [-0.05, 0) is 18.2 Å². The molecule has 0 spiro atoms. The number of carboxylic acid groups (broad SMARTS) is 1. The summed E-state index contributed by atoms with van der Waals surface area (Å²) < 4.78 is 18.7. The fourth-order valence-electron chi connectivity index (χ4n) is 1.95. The summed E-state index contributed by atoms with van der Waals surface area (Å²) in [6.07, 6.45) is 0.211. The largest absolute Gasteiger partial charge is 0.478 e. The molecule has 0 radical (unpaired) electrons. The third kappa shape index (κ3) is 3.75. The van der Waals surface area contributed by atoms with E-state index >= 15 is 0 Å². The minimum Gasteiger partial charge on any atom is -0.478 e. The van der Waals surface area contributed by atoms with Crippen molar-refractivity contribution in [3.63, 3.8) is 0 Å². The van der Waals surface area contributed by atoms with Crippen molar-refractivity contribution in [2.24, 2.45) is 0 Å². The van der Waals surface area contributed by atoms with E-state index in [0.717, 1.165) is 12.1 Å². The number of hydrogen-bond donors (Lipinski definition) is 3. The van der Waals surface area contributed by atoms with Crippen molar-refractivity contribution in [1.29, 1.82) is 0 Å². The van der Waals surface area contributed by atoms with Crippen molar-refractivity contribution in [3.8, 4) is 0 Å². The van der Waals surface area contributed by atoms with Gasteiger partial charge in [-0.15, -0.1) is 0 Å². The van der Waals surface area contributed by atoms with Gasteiger partial charge < -0.3 is 20.5 Å². The number of morpholine rings is 1. The minimum atomic E-state index is -1.34. The standard InChI is InChI=1S/C13H15FN2O4/c14-11-5-8(1-2-10(11)13(18)19)16-12(17)6-9-7-20-4-3-15-9/h1-2,5,9,15H,3-4,6-7H2,(H,16,17)(H,18,19). The molecule has 1 aromatic rings. The molecule has 20 heavy (non-hydrogen) atoms. The molecule has 3 N–H and O–H groups in total. The van der Waals surface area contributed by atoms with Gasteiger partial charge in [-0.3, -0.25) is 4.79 Å². The lowest BCUT2D eigenvalue weighted by Crippen LogP contribution is -2.43. The predicted molar refractivity (Wildman–Crippen MR) is 69.2 cm³/mol. The molecule has 1 atom stereocenters. The number of carboxylic acids is 1. The lowest BCUT2D eigenvalue weighted by Gasteiger charge is -2.23. The van der Waals surface area contributed by atoms with E-state index in [9.17, 15) is 14.0 Å².